The van der Waals surface area contributed by atoms with Gasteiger partial charge in [0.2, 0.25) is 6.71 Å². The third-order valence-electron chi connectivity index (χ3n) is 28.7. The van der Waals surface area contributed by atoms with Crippen LogP contribution in [0.5, 0.6) is 0 Å². The van der Waals surface area contributed by atoms with Gasteiger partial charge in [-0.3, -0.25) is 0 Å². The first-order chi connectivity index (χ1) is 62.6. The van der Waals surface area contributed by atoms with E-state index in [2.05, 4.69) is 463 Å². The molecule has 0 N–H and O–H groups in total. The number of benzene rings is 19. The maximum Gasteiger partial charge on any atom is 0.252 e. The Bertz CT molecular complexity index is 8500. The van der Waals surface area contributed by atoms with Gasteiger partial charge in [0, 0.05) is 129 Å². The molecule has 0 saturated carbocycles. The van der Waals surface area contributed by atoms with Crippen LogP contribution in [0.2, 0.25) is 0 Å². The summed E-state index contributed by atoms with van der Waals surface area (Å²) in [6, 6.07) is 162. The third kappa shape index (κ3) is 9.13. The SMILES string of the molecule is c1ccc(C2c3ccccc3B3c4cc5c6cc7c(cc6n6c8cc9c(cc8c(c4N(c4ccccc4)c4cccc2c43)c56)B2c3ccccc3N(c3ccccc3)c3cc(-n4c5ccccc5c5ccccc54)cc(c32)N9c2ccccc2)N(c2ccccc2)c2cc(-n3c4ccccc4c4ccccc43)cc3c2B7c2ccccc2N3c2ccccc2)cc1. The van der Waals surface area contributed by atoms with Gasteiger partial charge in [0.25, 0.3) is 13.4 Å². The number of anilines is 15. The molecule has 0 radical (unpaired) electrons. The van der Waals surface area contributed by atoms with Gasteiger partial charge in [-0.15, -0.1) is 0 Å². The van der Waals surface area contributed by atoms with Gasteiger partial charge in [-0.1, -0.05) is 291 Å². The molecule has 0 spiro atoms. The lowest BCUT2D eigenvalue weighted by molar-refractivity contribution is 0.984. The van der Waals surface area contributed by atoms with Crippen molar-refractivity contribution < 1.29 is 0 Å². The Kier molecular flexibility index (Phi) is 14.0. The fourth-order valence-electron chi connectivity index (χ4n) is 24.0. The normalized spacial score (nSPS) is 14.3. The molecular formula is C115H71B3N8. The second-order valence-electron chi connectivity index (χ2n) is 34.8. The number of para-hydroxylation sites is 11. The van der Waals surface area contributed by atoms with E-state index in [0.29, 0.717) is 0 Å². The van der Waals surface area contributed by atoms with Gasteiger partial charge in [-0.25, -0.2) is 0 Å². The minimum Gasteiger partial charge on any atom is -0.311 e. The number of rotatable bonds is 8. The van der Waals surface area contributed by atoms with E-state index in [1.165, 1.54) is 126 Å². The summed E-state index contributed by atoms with van der Waals surface area (Å²) < 4.78 is 7.77. The van der Waals surface area contributed by atoms with E-state index >= 15 is 0 Å². The van der Waals surface area contributed by atoms with Crippen LogP contribution in [0.1, 0.15) is 22.6 Å². The standard InChI is InChI=1S/C115H71B3N8/c1-7-34-71(35-8-1)109-83-50-19-24-52-88(83)116-93-67-86-85-66-91-103(121(74-40-13-4-14-41-74)107-64-77(123-94-55-27-20-46-79(94)80-47-21-28-56-95(80)123)62-105-112(107)117(91)89-53-25-31-59-98(89)119(105)72-36-9-2-10-37-72)69-101(85)126-102-70-104-92(68-87(102)110(114(86)126)115(93)125(76-44-17-6-18-45-76)100-61-33-51-84(109)111(100)116)118-90-54-26-32-60-99(90)120(73-38-11-3-12-39-73)106-63-78(65-108(113(106)118)122(104)75-42-15-5-16-43-75)124-96-57-29-22-48-81(96)82-49-23-30-58-97(82)124/h1-70,109H. The summed E-state index contributed by atoms with van der Waals surface area (Å²) in [6.07, 6.45) is 0. The van der Waals surface area contributed by atoms with Crippen LogP contribution in [0.4, 0.5) is 85.3 Å². The van der Waals surface area contributed by atoms with Crippen molar-refractivity contribution in [2.24, 2.45) is 0 Å². The molecule has 8 nitrogen and oxygen atoms in total. The molecule has 0 amide bonds. The van der Waals surface area contributed by atoms with Gasteiger partial charge >= 0.3 is 0 Å². The summed E-state index contributed by atoms with van der Waals surface area (Å²) in [6.45, 7) is -0.576. The molecule has 1 unspecified atom stereocenters. The van der Waals surface area contributed by atoms with Crippen LogP contribution in [0.25, 0.3) is 93.1 Å². The van der Waals surface area contributed by atoms with Gasteiger partial charge in [0.1, 0.15) is 0 Å². The molecule has 0 fully saturated rings. The quantitative estimate of drug-likeness (QED) is 0.142. The van der Waals surface area contributed by atoms with E-state index in [9.17, 15) is 0 Å². The van der Waals surface area contributed by atoms with Gasteiger partial charge in [0.15, 0.2) is 0 Å². The van der Waals surface area contributed by atoms with Crippen molar-refractivity contribution in [1.82, 2.24) is 13.5 Å². The lowest BCUT2D eigenvalue weighted by Gasteiger charge is -2.44. The number of hydrogen-bond donors (Lipinski definition) is 0. The topological polar surface area (TPSA) is 30.5 Å². The zero-order valence-electron chi connectivity index (χ0n) is 68.3. The molecule has 0 bridgehead atoms. The van der Waals surface area contributed by atoms with Crippen molar-refractivity contribution in [2.75, 3.05) is 24.5 Å². The minimum atomic E-state index is -0.223. The van der Waals surface area contributed by atoms with Crippen molar-refractivity contribution in [1.29, 1.82) is 0 Å². The molecule has 10 heterocycles. The average Bonchev–Trinajstić information content (AvgIpc) is 1.32. The van der Waals surface area contributed by atoms with Crippen molar-refractivity contribution in [3.8, 4) is 11.4 Å². The smallest absolute Gasteiger partial charge is 0.252 e. The fraction of sp³-hybridized carbons (Fsp3) is 0.00870. The highest BCUT2D eigenvalue weighted by Gasteiger charge is 2.50. The van der Waals surface area contributed by atoms with Crippen molar-refractivity contribution in [3.05, 3.63) is 441 Å². The van der Waals surface area contributed by atoms with Crippen molar-refractivity contribution in [3.63, 3.8) is 0 Å². The molecule has 0 aliphatic carbocycles. The molecule has 6 aliphatic rings. The van der Waals surface area contributed by atoms with Gasteiger partial charge < -0.3 is 38.0 Å². The van der Waals surface area contributed by atoms with Gasteiger partial charge in [-0.05, 0) is 200 Å². The zero-order valence-corrected chi connectivity index (χ0v) is 68.3. The maximum absolute atomic E-state index is 2.74. The molecule has 0 saturated heterocycles. The number of nitrogens with zero attached hydrogens (tertiary/aromatic N) is 8. The predicted molar refractivity (Wildman–Crippen MR) is 531 cm³/mol. The Hall–Kier alpha value is -16.2. The molecule has 6 aliphatic heterocycles. The predicted octanol–water partition coefficient (Wildman–Crippen LogP) is 23.0. The van der Waals surface area contributed by atoms with Crippen LogP contribution in [-0.4, -0.2) is 33.7 Å². The lowest BCUT2D eigenvalue weighted by Crippen LogP contribution is -2.62. The minimum absolute atomic E-state index is 0.00326. The highest BCUT2D eigenvalue weighted by atomic mass is 15.2. The van der Waals surface area contributed by atoms with Gasteiger partial charge in [-0.2, -0.15) is 0 Å². The van der Waals surface area contributed by atoms with E-state index in [1.54, 1.807) is 0 Å². The Labute approximate surface area is 728 Å². The first kappa shape index (κ1) is 68.4. The summed E-state index contributed by atoms with van der Waals surface area (Å²) in [5.41, 5.74) is 42.8. The monoisotopic (exact) mass is 1600 g/mol. The summed E-state index contributed by atoms with van der Waals surface area (Å²) in [5, 5.41) is 9.76. The molecule has 4 aromatic heterocycles. The van der Waals surface area contributed by atoms with Crippen LogP contribution >= 0.6 is 0 Å². The van der Waals surface area contributed by atoms with Crippen molar-refractivity contribution >= 4 is 236 Å². The van der Waals surface area contributed by atoms with E-state index in [1.807, 2.05) is 0 Å². The molecule has 23 aromatic rings. The molecule has 126 heavy (non-hydrogen) atoms. The summed E-state index contributed by atoms with van der Waals surface area (Å²) in [5.74, 6) is -0.00326. The highest BCUT2D eigenvalue weighted by Crippen LogP contribution is 2.55. The number of fused-ring (bicyclic) bond motifs is 25. The van der Waals surface area contributed by atoms with Crippen molar-refractivity contribution in [2.45, 2.75) is 5.92 Å². The fourth-order valence-corrected chi connectivity index (χ4v) is 24.0. The number of aromatic nitrogens is 3. The van der Waals surface area contributed by atoms with Crippen LogP contribution in [-0.2, 0) is 0 Å². The summed E-state index contributed by atoms with van der Waals surface area (Å²) in [4.78, 5) is 13.1. The van der Waals surface area contributed by atoms with E-state index in [-0.39, 0.29) is 26.1 Å². The second kappa shape index (κ2) is 25.7. The third-order valence-corrected chi connectivity index (χ3v) is 28.7. The van der Waals surface area contributed by atoms with Crippen LogP contribution < -0.4 is 73.7 Å². The Morgan fingerprint density at radius 1 is 0.190 bits per heavy atom. The van der Waals surface area contributed by atoms with E-state index < -0.39 is 0 Å². The Morgan fingerprint density at radius 3 is 0.992 bits per heavy atom. The molecule has 19 aromatic carbocycles. The van der Waals surface area contributed by atoms with E-state index in [4.69, 9.17) is 0 Å². The van der Waals surface area contributed by atoms with E-state index in [0.717, 1.165) is 118 Å². The van der Waals surface area contributed by atoms with Gasteiger partial charge in [0.05, 0.1) is 55.7 Å². The molecule has 29 rings (SSSR count). The molecule has 1 atom stereocenters. The molecular weight excluding hydrogens is 1530 g/mol. The Balaban J connectivity index is 0.784. The average molecular weight is 1600 g/mol. The summed E-state index contributed by atoms with van der Waals surface area (Å²) in [7, 11) is 0. The lowest BCUT2D eigenvalue weighted by atomic mass is 9.31. The molecule has 11 heteroatoms. The first-order valence-electron chi connectivity index (χ1n) is 44.0. The van der Waals surface area contributed by atoms with Crippen LogP contribution in [0.15, 0.2) is 425 Å². The first-order valence-corrected chi connectivity index (χ1v) is 44.0. The highest BCUT2D eigenvalue weighted by molar-refractivity contribution is 7.02. The summed E-state index contributed by atoms with van der Waals surface area (Å²) >= 11 is 0. The van der Waals surface area contributed by atoms with Crippen LogP contribution in [0, 0.1) is 0 Å². The van der Waals surface area contributed by atoms with Crippen LogP contribution in [0.3, 0.4) is 0 Å². The Morgan fingerprint density at radius 2 is 0.532 bits per heavy atom. The largest absolute Gasteiger partial charge is 0.311 e. The maximum atomic E-state index is 2.74. The second-order valence-corrected chi connectivity index (χ2v) is 34.8. The zero-order chi connectivity index (χ0) is 81.8. The number of hydrogen-bond acceptors (Lipinski definition) is 5. The molecule has 580 valence electrons.